The number of benzene rings is 2. The molecule has 114 valence electrons. The minimum absolute atomic E-state index is 0.308. The minimum Gasteiger partial charge on any atom is -0.507 e. The van der Waals surface area contributed by atoms with E-state index in [1.807, 2.05) is 25.1 Å². The maximum Gasteiger partial charge on any atom is 0.127 e. The summed E-state index contributed by atoms with van der Waals surface area (Å²) in [4.78, 5) is 0.620. The van der Waals surface area contributed by atoms with Crippen LogP contribution < -0.4 is 4.74 Å². The summed E-state index contributed by atoms with van der Waals surface area (Å²) in [5.74, 6) is 1.17. The van der Waals surface area contributed by atoms with Gasteiger partial charge in [-0.3, -0.25) is 0 Å². The van der Waals surface area contributed by atoms with Crippen molar-refractivity contribution in [2.45, 2.75) is 44.4 Å². The van der Waals surface area contributed by atoms with Crippen molar-refractivity contribution in [2.75, 3.05) is 6.61 Å². The van der Waals surface area contributed by atoms with E-state index in [9.17, 15) is 5.11 Å². The summed E-state index contributed by atoms with van der Waals surface area (Å²) in [6, 6.07) is 9.58. The third-order valence-corrected chi connectivity index (χ3v) is 4.83. The second kappa shape index (κ2) is 7.69. The van der Waals surface area contributed by atoms with E-state index < -0.39 is 0 Å². The van der Waals surface area contributed by atoms with Gasteiger partial charge >= 0.3 is 0 Å². The number of aromatic hydroxyl groups is 1. The summed E-state index contributed by atoms with van der Waals surface area (Å²) < 4.78 is 5.92. The van der Waals surface area contributed by atoms with Crippen molar-refractivity contribution in [3.63, 3.8) is 0 Å². The van der Waals surface area contributed by atoms with Gasteiger partial charge in [0.2, 0.25) is 0 Å². The molecule has 0 aliphatic carbocycles. The Morgan fingerprint density at radius 3 is 2.71 bits per heavy atom. The molecule has 21 heavy (non-hydrogen) atoms. The zero-order valence-corrected chi connectivity index (χ0v) is 14.3. The van der Waals surface area contributed by atoms with Gasteiger partial charge in [0, 0.05) is 15.6 Å². The molecule has 0 bridgehead atoms. The first-order chi connectivity index (χ1) is 10.1. The van der Waals surface area contributed by atoms with Crippen LogP contribution in [0, 0.1) is 6.92 Å². The molecule has 1 atom stereocenters. The minimum atomic E-state index is 0.308. The summed E-state index contributed by atoms with van der Waals surface area (Å²) >= 11 is 3.65. The van der Waals surface area contributed by atoms with E-state index in [0.29, 0.717) is 10.6 Å². The molecule has 3 heteroatoms. The van der Waals surface area contributed by atoms with Crippen molar-refractivity contribution in [2.24, 2.45) is 0 Å². The standard InChI is InChI=1S/C18H23BrO2/c1-3-14(19)6-4-5-11-21-18-10-9-17(20)15-8-7-13(2)12-16(15)18/h7-10,12,14,20H,3-6,11H2,1-2H3. The molecule has 0 saturated carbocycles. The Bertz CT molecular complexity index is 595. The predicted molar refractivity (Wildman–Crippen MR) is 92.7 cm³/mol. The van der Waals surface area contributed by atoms with Crippen LogP contribution in [0.25, 0.3) is 10.8 Å². The number of fused-ring (bicyclic) bond motifs is 1. The molecule has 2 aromatic rings. The van der Waals surface area contributed by atoms with Gasteiger partial charge in [-0.25, -0.2) is 0 Å². The van der Waals surface area contributed by atoms with Gasteiger partial charge in [-0.2, -0.15) is 0 Å². The average Bonchev–Trinajstić information content (AvgIpc) is 2.48. The highest BCUT2D eigenvalue weighted by atomic mass is 79.9. The van der Waals surface area contributed by atoms with Crippen LogP contribution in [-0.4, -0.2) is 16.5 Å². The highest BCUT2D eigenvalue weighted by molar-refractivity contribution is 9.09. The molecule has 0 amide bonds. The number of rotatable bonds is 7. The Balaban J connectivity index is 1.99. The highest BCUT2D eigenvalue weighted by Crippen LogP contribution is 2.33. The van der Waals surface area contributed by atoms with Crippen molar-refractivity contribution >= 4 is 26.7 Å². The molecule has 1 unspecified atom stereocenters. The topological polar surface area (TPSA) is 29.5 Å². The molecule has 0 aliphatic rings. The van der Waals surface area contributed by atoms with E-state index in [0.717, 1.165) is 29.5 Å². The number of hydrogen-bond donors (Lipinski definition) is 1. The van der Waals surface area contributed by atoms with Crippen LogP contribution in [0.4, 0.5) is 0 Å². The Kier molecular flexibility index (Phi) is 5.92. The lowest BCUT2D eigenvalue weighted by Crippen LogP contribution is -2.01. The van der Waals surface area contributed by atoms with Crippen molar-refractivity contribution in [3.05, 3.63) is 35.9 Å². The molecule has 0 fully saturated rings. The normalized spacial score (nSPS) is 12.5. The fourth-order valence-electron chi connectivity index (χ4n) is 2.40. The largest absolute Gasteiger partial charge is 0.507 e. The Hall–Kier alpha value is -1.22. The van der Waals surface area contributed by atoms with Crippen molar-refractivity contribution in [1.82, 2.24) is 0 Å². The lowest BCUT2D eigenvalue weighted by Gasteiger charge is -2.11. The molecule has 0 aromatic heterocycles. The van der Waals surface area contributed by atoms with Crippen molar-refractivity contribution < 1.29 is 9.84 Å². The third-order valence-electron chi connectivity index (χ3n) is 3.72. The average molecular weight is 351 g/mol. The van der Waals surface area contributed by atoms with Gasteiger partial charge in [0.1, 0.15) is 11.5 Å². The molecule has 0 radical (unpaired) electrons. The van der Waals surface area contributed by atoms with Crippen LogP contribution in [0.2, 0.25) is 0 Å². The quantitative estimate of drug-likeness (QED) is 0.521. The number of aryl methyl sites for hydroxylation is 1. The predicted octanol–water partition coefficient (Wildman–Crippen LogP) is 5.58. The smallest absolute Gasteiger partial charge is 0.127 e. The van der Waals surface area contributed by atoms with E-state index >= 15 is 0 Å². The van der Waals surface area contributed by atoms with E-state index in [4.69, 9.17) is 4.74 Å². The summed E-state index contributed by atoms with van der Waals surface area (Å²) in [5.41, 5.74) is 1.17. The maximum absolute atomic E-state index is 9.92. The van der Waals surface area contributed by atoms with Gasteiger partial charge in [-0.05, 0) is 50.8 Å². The summed E-state index contributed by atoms with van der Waals surface area (Å²) in [6.45, 7) is 4.96. The summed E-state index contributed by atoms with van der Waals surface area (Å²) in [6.07, 6.45) is 4.58. The van der Waals surface area contributed by atoms with Crippen LogP contribution >= 0.6 is 15.9 Å². The number of alkyl halides is 1. The Morgan fingerprint density at radius 2 is 1.95 bits per heavy atom. The molecule has 1 N–H and O–H groups in total. The van der Waals surface area contributed by atoms with Gasteiger partial charge in [-0.15, -0.1) is 0 Å². The lowest BCUT2D eigenvalue weighted by atomic mass is 10.1. The van der Waals surface area contributed by atoms with Gasteiger partial charge < -0.3 is 9.84 Å². The second-order valence-electron chi connectivity index (χ2n) is 5.48. The van der Waals surface area contributed by atoms with E-state index in [1.165, 1.54) is 24.8 Å². The van der Waals surface area contributed by atoms with Gasteiger partial charge in [0.05, 0.1) is 6.61 Å². The zero-order chi connectivity index (χ0) is 15.2. The molecular weight excluding hydrogens is 328 g/mol. The summed E-state index contributed by atoms with van der Waals surface area (Å²) in [7, 11) is 0. The number of phenolic OH excluding ortho intramolecular Hbond substituents is 1. The fourth-order valence-corrected chi connectivity index (χ4v) is 2.72. The van der Waals surface area contributed by atoms with Crippen LogP contribution in [0.5, 0.6) is 11.5 Å². The number of ether oxygens (including phenoxy) is 1. The van der Waals surface area contributed by atoms with Gasteiger partial charge in [0.25, 0.3) is 0 Å². The SMILES string of the molecule is CCC(Br)CCCCOc1ccc(O)c2ccc(C)cc12. The first kappa shape index (κ1) is 16.2. The fraction of sp³-hybridized carbons (Fsp3) is 0.444. The molecule has 2 rings (SSSR count). The molecule has 0 spiro atoms. The Morgan fingerprint density at radius 1 is 1.14 bits per heavy atom. The van der Waals surface area contributed by atoms with Crippen molar-refractivity contribution in [1.29, 1.82) is 0 Å². The molecule has 2 aromatic carbocycles. The zero-order valence-electron chi connectivity index (χ0n) is 12.7. The first-order valence-electron chi connectivity index (χ1n) is 7.61. The Labute approximate surface area is 135 Å². The molecule has 0 heterocycles. The van der Waals surface area contributed by atoms with E-state index in [2.05, 4.69) is 28.9 Å². The number of hydrogen-bond acceptors (Lipinski definition) is 2. The number of unbranched alkanes of at least 4 members (excludes halogenated alkanes) is 1. The van der Waals surface area contributed by atoms with Crippen molar-refractivity contribution in [3.8, 4) is 11.5 Å². The molecule has 0 saturated heterocycles. The van der Waals surface area contributed by atoms with Gasteiger partial charge in [0.15, 0.2) is 0 Å². The van der Waals surface area contributed by atoms with E-state index in [-0.39, 0.29) is 0 Å². The third kappa shape index (κ3) is 4.37. The molecule has 0 aliphatic heterocycles. The number of phenols is 1. The first-order valence-corrected chi connectivity index (χ1v) is 8.52. The van der Waals surface area contributed by atoms with Gasteiger partial charge in [-0.1, -0.05) is 40.5 Å². The van der Waals surface area contributed by atoms with Crippen LogP contribution in [-0.2, 0) is 0 Å². The monoisotopic (exact) mass is 350 g/mol. The number of halogens is 1. The molecular formula is C18H23BrO2. The second-order valence-corrected chi connectivity index (χ2v) is 6.78. The van der Waals surface area contributed by atoms with E-state index in [1.54, 1.807) is 6.07 Å². The highest BCUT2D eigenvalue weighted by Gasteiger charge is 2.07. The van der Waals surface area contributed by atoms with Crippen LogP contribution in [0.3, 0.4) is 0 Å². The van der Waals surface area contributed by atoms with Crippen LogP contribution in [0.15, 0.2) is 30.3 Å². The van der Waals surface area contributed by atoms with Crippen LogP contribution in [0.1, 0.15) is 38.2 Å². The summed E-state index contributed by atoms with van der Waals surface area (Å²) in [5, 5.41) is 11.8. The maximum atomic E-state index is 9.92. The molecule has 2 nitrogen and oxygen atoms in total. The lowest BCUT2D eigenvalue weighted by molar-refractivity contribution is 0.308.